The van der Waals surface area contributed by atoms with Crippen LogP contribution in [0.15, 0.2) is 48.8 Å². The highest BCUT2D eigenvalue weighted by molar-refractivity contribution is 6.07. The lowest BCUT2D eigenvalue weighted by atomic mass is 10.1. The van der Waals surface area contributed by atoms with Crippen molar-refractivity contribution in [2.75, 3.05) is 25.5 Å². The van der Waals surface area contributed by atoms with Gasteiger partial charge in [-0.2, -0.15) is 10.2 Å². The summed E-state index contributed by atoms with van der Waals surface area (Å²) in [6, 6.07) is 8.73. The molecule has 0 aliphatic carbocycles. The van der Waals surface area contributed by atoms with Crippen LogP contribution >= 0.6 is 0 Å². The van der Waals surface area contributed by atoms with E-state index in [9.17, 15) is 13.6 Å². The largest absolute Gasteiger partial charge is 0.489 e. The van der Waals surface area contributed by atoms with Gasteiger partial charge in [-0.25, -0.2) is 8.78 Å². The number of hydrogen-bond donors (Lipinski definition) is 2. The quantitative estimate of drug-likeness (QED) is 0.446. The Bertz CT molecular complexity index is 1310. The smallest absolute Gasteiger partial charge is 0.260 e. The monoisotopic (exact) mass is 466 g/mol. The zero-order valence-corrected chi connectivity index (χ0v) is 18.6. The van der Waals surface area contributed by atoms with Gasteiger partial charge in [-0.1, -0.05) is 0 Å². The number of H-pyrrole nitrogens is 1. The lowest BCUT2D eigenvalue weighted by Crippen LogP contribution is -2.31. The van der Waals surface area contributed by atoms with Gasteiger partial charge < -0.3 is 15.0 Å². The average molecular weight is 466 g/mol. The number of likely N-dealkylation sites (tertiary alicyclic amines) is 1. The van der Waals surface area contributed by atoms with Crippen molar-refractivity contribution in [3.63, 3.8) is 0 Å². The highest BCUT2D eigenvalue weighted by Crippen LogP contribution is 2.27. The third-order valence-corrected chi connectivity index (χ3v) is 6.02. The van der Waals surface area contributed by atoms with Crippen LogP contribution in [0, 0.1) is 11.6 Å². The minimum absolute atomic E-state index is 0.00409. The topological polar surface area (TPSA) is 88.1 Å². The number of piperidine rings is 1. The van der Waals surface area contributed by atoms with Crippen molar-refractivity contribution >= 4 is 22.6 Å². The molecular formula is C24H24F2N6O2. The summed E-state index contributed by atoms with van der Waals surface area (Å²) in [5, 5.41) is 14.9. The summed E-state index contributed by atoms with van der Waals surface area (Å²) in [5.41, 5.74) is 1.54. The van der Waals surface area contributed by atoms with Gasteiger partial charge in [0, 0.05) is 17.6 Å². The van der Waals surface area contributed by atoms with Crippen LogP contribution in [0.3, 0.4) is 0 Å². The number of nitrogens with zero attached hydrogens (tertiary/aromatic N) is 4. The van der Waals surface area contributed by atoms with E-state index in [1.165, 1.54) is 12.1 Å². The second-order valence-electron chi connectivity index (χ2n) is 8.54. The minimum Gasteiger partial charge on any atom is -0.489 e. The molecule has 8 nitrogen and oxygen atoms in total. The average Bonchev–Trinajstić information content (AvgIpc) is 3.45. The molecule has 34 heavy (non-hydrogen) atoms. The van der Waals surface area contributed by atoms with E-state index in [0.717, 1.165) is 32.0 Å². The third kappa shape index (κ3) is 4.76. The predicted octanol–water partition coefficient (Wildman–Crippen LogP) is 4.14. The third-order valence-electron chi connectivity index (χ3n) is 6.02. The molecule has 1 saturated heterocycles. The van der Waals surface area contributed by atoms with Gasteiger partial charge in [0.15, 0.2) is 5.82 Å². The molecule has 176 valence electrons. The predicted molar refractivity (Wildman–Crippen MR) is 123 cm³/mol. The van der Waals surface area contributed by atoms with E-state index in [-0.39, 0.29) is 18.6 Å². The van der Waals surface area contributed by atoms with Crippen molar-refractivity contribution in [3.05, 3.63) is 71.6 Å². The van der Waals surface area contributed by atoms with Crippen molar-refractivity contribution in [2.45, 2.75) is 25.5 Å². The molecule has 1 aliphatic heterocycles. The van der Waals surface area contributed by atoms with Crippen LogP contribution in [0.2, 0.25) is 0 Å². The number of carbonyl (C=O) groups excluding carboxylic acids is 1. The number of ether oxygens (including phenoxy) is 1. The summed E-state index contributed by atoms with van der Waals surface area (Å²) in [6.07, 6.45) is 5.32. The summed E-state index contributed by atoms with van der Waals surface area (Å²) in [7, 11) is 2.10. The fraction of sp³-hybridized carbons (Fsp3) is 0.292. The zero-order valence-electron chi connectivity index (χ0n) is 18.6. The molecule has 3 heterocycles. The molecule has 0 unspecified atom stereocenters. The normalized spacial score (nSPS) is 15.0. The maximum Gasteiger partial charge on any atom is 0.260 e. The second kappa shape index (κ2) is 9.22. The van der Waals surface area contributed by atoms with E-state index in [4.69, 9.17) is 4.74 Å². The Morgan fingerprint density at radius 3 is 2.71 bits per heavy atom. The number of nitrogens with one attached hydrogen (secondary N) is 2. The van der Waals surface area contributed by atoms with E-state index in [1.807, 2.05) is 4.68 Å². The van der Waals surface area contributed by atoms with Gasteiger partial charge in [-0.3, -0.25) is 14.6 Å². The van der Waals surface area contributed by atoms with E-state index in [1.54, 1.807) is 30.6 Å². The number of aromatic amines is 1. The van der Waals surface area contributed by atoms with Gasteiger partial charge in [-0.15, -0.1) is 0 Å². The lowest BCUT2D eigenvalue weighted by Gasteiger charge is -2.28. The number of aromatic nitrogens is 4. The summed E-state index contributed by atoms with van der Waals surface area (Å²) in [5.74, 6) is -0.798. The van der Waals surface area contributed by atoms with Crippen molar-refractivity contribution < 1.29 is 18.3 Å². The number of halogens is 2. The van der Waals surface area contributed by atoms with Gasteiger partial charge in [0.1, 0.15) is 24.0 Å². The van der Waals surface area contributed by atoms with Gasteiger partial charge in [0.05, 0.1) is 23.3 Å². The SMILES string of the molecule is CN1CCC(n2cc(C(=O)Nc3n[nH]c4ccc(OCc5cc(F)cc(F)c5)cc34)cn2)CC1. The fourth-order valence-corrected chi connectivity index (χ4v) is 4.13. The molecule has 0 atom stereocenters. The van der Waals surface area contributed by atoms with Crippen molar-refractivity contribution in [2.24, 2.45) is 0 Å². The van der Waals surface area contributed by atoms with Gasteiger partial charge >= 0.3 is 0 Å². The number of amides is 1. The van der Waals surface area contributed by atoms with Gasteiger partial charge in [0.2, 0.25) is 0 Å². The molecule has 1 fully saturated rings. The number of anilines is 1. The highest BCUT2D eigenvalue weighted by atomic mass is 19.1. The Morgan fingerprint density at radius 1 is 1.18 bits per heavy atom. The Morgan fingerprint density at radius 2 is 1.94 bits per heavy atom. The molecule has 10 heteroatoms. The Labute approximate surface area is 194 Å². The molecule has 1 amide bonds. The molecule has 5 rings (SSSR count). The first-order valence-electron chi connectivity index (χ1n) is 11.0. The summed E-state index contributed by atoms with van der Waals surface area (Å²) in [6.45, 7) is 2.00. The maximum atomic E-state index is 13.4. The first-order chi connectivity index (χ1) is 16.4. The van der Waals surface area contributed by atoms with E-state index >= 15 is 0 Å². The number of hydrogen-bond acceptors (Lipinski definition) is 5. The van der Waals surface area contributed by atoms with Crippen LogP contribution < -0.4 is 10.1 Å². The van der Waals surface area contributed by atoms with Crippen molar-refractivity contribution in [1.29, 1.82) is 0 Å². The fourth-order valence-electron chi connectivity index (χ4n) is 4.13. The first-order valence-corrected chi connectivity index (χ1v) is 11.0. The van der Waals surface area contributed by atoms with Crippen molar-refractivity contribution in [3.8, 4) is 5.75 Å². The lowest BCUT2D eigenvalue weighted by molar-refractivity contribution is 0.102. The molecule has 2 aromatic carbocycles. The maximum absolute atomic E-state index is 13.4. The summed E-state index contributed by atoms with van der Waals surface area (Å²) in [4.78, 5) is 15.1. The standard InChI is InChI=1S/C24H24F2N6O2/c1-31-6-4-19(5-7-31)32-13-16(12-27-32)24(33)28-23-21-11-20(2-3-22(21)29-30-23)34-14-15-8-17(25)10-18(26)9-15/h2-3,8-13,19H,4-7,14H2,1H3,(H2,28,29,30,33). The molecule has 0 spiro atoms. The molecule has 4 aromatic rings. The Kier molecular flexibility index (Phi) is 5.97. The number of rotatable bonds is 6. The van der Waals surface area contributed by atoms with E-state index < -0.39 is 11.6 Å². The van der Waals surface area contributed by atoms with Gasteiger partial charge in [-0.05, 0) is 68.9 Å². The Hall–Kier alpha value is -3.79. The molecule has 0 radical (unpaired) electrons. The van der Waals surface area contributed by atoms with Crippen LogP contribution in [-0.4, -0.2) is 50.9 Å². The van der Waals surface area contributed by atoms with E-state index in [0.29, 0.717) is 33.6 Å². The molecule has 2 N–H and O–H groups in total. The minimum atomic E-state index is -0.659. The van der Waals surface area contributed by atoms with Crippen LogP contribution in [-0.2, 0) is 6.61 Å². The number of benzene rings is 2. The van der Waals surface area contributed by atoms with E-state index in [2.05, 4.69) is 32.6 Å². The van der Waals surface area contributed by atoms with Crippen LogP contribution in [0.4, 0.5) is 14.6 Å². The van der Waals surface area contributed by atoms with Crippen LogP contribution in [0.1, 0.15) is 34.8 Å². The van der Waals surface area contributed by atoms with Crippen LogP contribution in [0.25, 0.3) is 10.9 Å². The molecule has 1 aliphatic rings. The number of carbonyl (C=O) groups is 1. The molecule has 0 bridgehead atoms. The second-order valence-corrected chi connectivity index (χ2v) is 8.54. The summed E-state index contributed by atoms with van der Waals surface area (Å²) >= 11 is 0. The zero-order chi connectivity index (χ0) is 23.7. The molecular weight excluding hydrogens is 442 g/mol. The van der Waals surface area contributed by atoms with Gasteiger partial charge in [0.25, 0.3) is 5.91 Å². The highest BCUT2D eigenvalue weighted by Gasteiger charge is 2.21. The Balaban J connectivity index is 1.28. The molecule has 0 saturated carbocycles. The molecule has 2 aromatic heterocycles. The first kappa shape index (κ1) is 22.0. The van der Waals surface area contributed by atoms with Crippen molar-refractivity contribution in [1.82, 2.24) is 24.9 Å². The number of fused-ring (bicyclic) bond motifs is 1. The summed E-state index contributed by atoms with van der Waals surface area (Å²) < 4.78 is 34.4. The van der Waals surface area contributed by atoms with Crippen LogP contribution in [0.5, 0.6) is 5.75 Å².